The molecule has 2 nitrogen and oxygen atoms in total. The summed E-state index contributed by atoms with van der Waals surface area (Å²) in [6.07, 6.45) is 5.89. The second kappa shape index (κ2) is 4.72. The van der Waals surface area contributed by atoms with Crippen molar-refractivity contribution in [2.45, 2.75) is 39.2 Å². The third kappa shape index (κ3) is 2.74. The van der Waals surface area contributed by atoms with Crippen molar-refractivity contribution in [2.24, 2.45) is 5.41 Å². The zero-order valence-electron chi connectivity index (χ0n) is 9.96. The lowest BCUT2D eigenvalue weighted by Crippen LogP contribution is -2.26. The maximum atomic E-state index is 5.77. The quantitative estimate of drug-likeness (QED) is 0.794. The predicted octanol–water partition coefficient (Wildman–Crippen LogP) is 3.58. The van der Waals surface area contributed by atoms with Crippen molar-refractivity contribution in [3.05, 3.63) is 29.0 Å². The van der Waals surface area contributed by atoms with Crippen LogP contribution in [0, 0.1) is 5.41 Å². The minimum Gasteiger partial charge on any atom is -0.310 e. The van der Waals surface area contributed by atoms with Crippen molar-refractivity contribution in [2.75, 3.05) is 6.54 Å². The summed E-state index contributed by atoms with van der Waals surface area (Å²) >= 11 is 5.77. The van der Waals surface area contributed by atoms with Gasteiger partial charge in [-0.2, -0.15) is 0 Å². The van der Waals surface area contributed by atoms with E-state index in [1.165, 1.54) is 24.8 Å². The van der Waals surface area contributed by atoms with Gasteiger partial charge in [-0.05, 0) is 43.2 Å². The summed E-state index contributed by atoms with van der Waals surface area (Å²) in [6.45, 7) is 5.58. The van der Waals surface area contributed by atoms with E-state index in [2.05, 4.69) is 24.1 Å². The summed E-state index contributed by atoms with van der Waals surface area (Å²) < 4.78 is 0. The number of aromatic nitrogens is 1. The molecule has 88 valence electrons. The standard InChI is InChI=1S/C13H19ClN2/c1-3-13(6-7-13)9-16-10(2)11-4-5-12(14)15-8-11/h4-5,8,10,16H,3,6-7,9H2,1-2H3. The fourth-order valence-corrected chi connectivity index (χ4v) is 2.07. The van der Waals surface area contributed by atoms with Crippen LogP contribution in [0.2, 0.25) is 5.15 Å². The van der Waals surface area contributed by atoms with Crippen LogP contribution in [-0.4, -0.2) is 11.5 Å². The molecule has 1 atom stereocenters. The van der Waals surface area contributed by atoms with Crippen LogP contribution in [0.1, 0.15) is 44.7 Å². The lowest BCUT2D eigenvalue weighted by molar-refractivity contribution is 0.415. The lowest BCUT2D eigenvalue weighted by atomic mass is 10.0. The van der Waals surface area contributed by atoms with E-state index in [0.29, 0.717) is 16.6 Å². The molecular weight excluding hydrogens is 220 g/mol. The molecule has 0 aromatic carbocycles. The van der Waals surface area contributed by atoms with E-state index in [0.717, 1.165) is 6.54 Å². The van der Waals surface area contributed by atoms with Gasteiger partial charge in [-0.3, -0.25) is 0 Å². The van der Waals surface area contributed by atoms with Crippen LogP contribution in [0.25, 0.3) is 0 Å². The molecule has 2 rings (SSSR count). The highest BCUT2D eigenvalue weighted by atomic mass is 35.5. The molecule has 0 bridgehead atoms. The van der Waals surface area contributed by atoms with Crippen LogP contribution in [0.15, 0.2) is 18.3 Å². The van der Waals surface area contributed by atoms with Crippen molar-refractivity contribution in [3.63, 3.8) is 0 Å². The molecule has 1 N–H and O–H groups in total. The zero-order chi connectivity index (χ0) is 11.6. The Bertz CT molecular complexity index is 343. The van der Waals surface area contributed by atoms with Crippen LogP contribution in [-0.2, 0) is 0 Å². The molecule has 1 fully saturated rings. The van der Waals surface area contributed by atoms with E-state index in [-0.39, 0.29) is 0 Å². The average Bonchev–Trinajstić information content (AvgIpc) is 3.08. The molecule has 0 amide bonds. The Morgan fingerprint density at radius 1 is 1.50 bits per heavy atom. The molecule has 16 heavy (non-hydrogen) atoms. The van der Waals surface area contributed by atoms with Gasteiger partial charge in [-0.15, -0.1) is 0 Å². The van der Waals surface area contributed by atoms with E-state index >= 15 is 0 Å². The molecule has 1 aliphatic rings. The van der Waals surface area contributed by atoms with Crippen LogP contribution in [0.3, 0.4) is 0 Å². The highest BCUT2D eigenvalue weighted by Gasteiger charge is 2.40. The van der Waals surface area contributed by atoms with Crippen LogP contribution in [0.5, 0.6) is 0 Å². The molecule has 3 heteroatoms. The number of pyridine rings is 1. The number of hydrogen-bond acceptors (Lipinski definition) is 2. The average molecular weight is 239 g/mol. The fraction of sp³-hybridized carbons (Fsp3) is 0.615. The number of halogens is 1. The predicted molar refractivity (Wildman–Crippen MR) is 67.6 cm³/mol. The van der Waals surface area contributed by atoms with E-state index in [1.54, 1.807) is 0 Å². The van der Waals surface area contributed by atoms with Gasteiger partial charge < -0.3 is 5.32 Å². The molecule has 1 unspecified atom stereocenters. The largest absolute Gasteiger partial charge is 0.310 e. The summed E-state index contributed by atoms with van der Waals surface area (Å²) in [5.74, 6) is 0. The van der Waals surface area contributed by atoms with Gasteiger partial charge >= 0.3 is 0 Å². The smallest absolute Gasteiger partial charge is 0.129 e. The maximum absolute atomic E-state index is 5.77. The second-order valence-corrected chi connectivity index (χ2v) is 5.26. The van der Waals surface area contributed by atoms with Gasteiger partial charge in [-0.25, -0.2) is 4.98 Å². The zero-order valence-corrected chi connectivity index (χ0v) is 10.7. The molecule has 1 aromatic rings. The fourth-order valence-electron chi connectivity index (χ4n) is 1.96. The SMILES string of the molecule is CCC1(CNC(C)c2ccc(Cl)nc2)CC1. The van der Waals surface area contributed by atoms with E-state index < -0.39 is 0 Å². The summed E-state index contributed by atoms with van der Waals surface area (Å²) in [6, 6.07) is 4.24. The number of rotatable bonds is 5. The minimum atomic E-state index is 0.355. The van der Waals surface area contributed by atoms with Crippen LogP contribution >= 0.6 is 11.6 Å². The van der Waals surface area contributed by atoms with E-state index in [1.807, 2.05) is 18.3 Å². The first-order chi connectivity index (χ1) is 7.65. The van der Waals surface area contributed by atoms with E-state index in [9.17, 15) is 0 Å². The monoisotopic (exact) mass is 238 g/mol. The Morgan fingerprint density at radius 3 is 2.75 bits per heavy atom. The van der Waals surface area contributed by atoms with Gasteiger partial charge in [0, 0.05) is 18.8 Å². The Morgan fingerprint density at radius 2 is 2.25 bits per heavy atom. The molecule has 0 saturated heterocycles. The van der Waals surface area contributed by atoms with Gasteiger partial charge in [0.05, 0.1) is 0 Å². The van der Waals surface area contributed by atoms with Crippen molar-refractivity contribution in [3.8, 4) is 0 Å². The van der Waals surface area contributed by atoms with Crippen molar-refractivity contribution in [1.82, 2.24) is 10.3 Å². The third-order valence-electron chi connectivity index (χ3n) is 3.74. The molecule has 1 heterocycles. The normalized spacial score (nSPS) is 19.4. The molecule has 1 aliphatic carbocycles. The third-order valence-corrected chi connectivity index (χ3v) is 3.96. The summed E-state index contributed by atoms with van der Waals surface area (Å²) in [5.41, 5.74) is 1.80. The Labute approximate surface area is 102 Å². The number of nitrogens with one attached hydrogen (secondary N) is 1. The first-order valence-corrected chi connectivity index (χ1v) is 6.38. The molecule has 0 aliphatic heterocycles. The Balaban J connectivity index is 1.88. The van der Waals surface area contributed by atoms with E-state index in [4.69, 9.17) is 11.6 Å². The van der Waals surface area contributed by atoms with Gasteiger partial charge in [0.1, 0.15) is 5.15 Å². The highest BCUT2D eigenvalue weighted by Crippen LogP contribution is 2.48. The number of hydrogen-bond donors (Lipinski definition) is 1. The molecule has 0 radical (unpaired) electrons. The van der Waals surface area contributed by atoms with Crippen molar-refractivity contribution in [1.29, 1.82) is 0 Å². The van der Waals surface area contributed by atoms with Crippen molar-refractivity contribution >= 4 is 11.6 Å². The minimum absolute atomic E-state index is 0.355. The first-order valence-electron chi connectivity index (χ1n) is 6.00. The van der Waals surface area contributed by atoms with Gasteiger partial charge in [0.2, 0.25) is 0 Å². The summed E-state index contributed by atoms with van der Waals surface area (Å²) in [5, 5.41) is 4.15. The van der Waals surface area contributed by atoms with Crippen LogP contribution < -0.4 is 5.32 Å². The molecule has 1 saturated carbocycles. The maximum Gasteiger partial charge on any atom is 0.129 e. The van der Waals surface area contributed by atoms with Gasteiger partial charge in [0.15, 0.2) is 0 Å². The summed E-state index contributed by atoms with van der Waals surface area (Å²) in [7, 11) is 0. The number of nitrogens with zero attached hydrogens (tertiary/aromatic N) is 1. The lowest BCUT2D eigenvalue weighted by Gasteiger charge is -2.18. The Hall–Kier alpha value is -0.600. The molecule has 0 spiro atoms. The van der Waals surface area contributed by atoms with Gasteiger partial charge in [0.25, 0.3) is 0 Å². The van der Waals surface area contributed by atoms with Crippen LogP contribution in [0.4, 0.5) is 0 Å². The summed E-state index contributed by atoms with van der Waals surface area (Å²) in [4.78, 5) is 4.11. The first kappa shape index (κ1) is 11.9. The topological polar surface area (TPSA) is 24.9 Å². The molecular formula is C13H19ClN2. The molecule has 1 aromatic heterocycles. The highest BCUT2D eigenvalue weighted by molar-refractivity contribution is 6.29. The second-order valence-electron chi connectivity index (χ2n) is 4.87. The Kier molecular flexibility index (Phi) is 3.50. The van der Waals surface area contributed by atoms with Gasteiger partial charge in [-0.1, -0.05) is 24.6 Å². The van der Waals surface area contributed by atoms with Crippen molar-refractivity contribution < 1.29 is 0 Å².